The van der Waals surface area contributed by atoms with Crippen molar-refractivity contribution in [3.05, 3.63) is 63.6 Å². The molecule has 0 aliphatic carbocycles. The molecule has 0 aromatic heterocycles. The number of anilines is 1. The number of carbonyl (C=O) groups is 2. The molecule has 0 radical (unpaired) electrons. The number of nitrogens with zero attached hydrogens (tertiary/aromatic N) is 1. The minimum atomic E-state index is -2.19. The Bertz CT molecular complexity index is 847. The minimum absolute atomic E-state index is 0.0251. The van der Waals surface area contributed by atoms with E-state index in [4.69, 9.17) is 16.3 Å². The van der Waals surface area contributed by atoms with Gasteiger partial charge in [-0.25, -0.2) is 4.79 Å². The fourth-order valence-electron chi connectivity index (χ4n) is 2.68. The van der Waals surface area contributed by atoms with E-state index in [0.29, 0.717) is 10.7 Å². The van der Waals surface area contributed by atoms with E-state index < -0.39 is 17.8 Å². The predicted octanol–water partition coefficient (Wildman–Crippen LogP) is 3.45. The SMILES string of the molecule is O=C(NCc1cccc(Br)c1)O[C@]1(O)CCN(c2cccc(Cl)c2)C1=O. The fourth-order valence-corrected chi connectivity index (χ4v) is 3.31. The molecular formula is C18H16BrClN2O4. The maximum atomic E-state index is 12.5. The van der Waals surface area contributed by atoms with E-state index in [1.165, 1.54) is 4.90 Å². The van der Waals surface area contributed by atoms with E-state index in [0.717, 1.165) is 10.0 Å². The summed E-state index contributed by atoms with van der Waals surface area (Å²) in [5.41, 5.74) is 1.39. The van der Waals surface area contributed by atoms with E-state index in [-0.39, 0.29) is 19.5 Å². The largest absolute Gasteiger partial charge is 0.410 e. The summed E-state index contributed by atoms with van der Waals surface area (Å²) in [5.74, 6) is -2.89. The molecule has 0 unspecified atom stereocenters. The molecule has 1 heterocycles. The molecule has 1 atom stereocenters. The van der Waals surface area contributed by atoms with Gasteiger partial charge < -0.3 is 20.1 Å². The number of nitrogens with one attached hydrogen (secondary N) is 1. The van der Waals surface area contributed by atoms with Crippen LogP contribution >= 0.6 is 27.5 Å². The zero-order chi connectivity index (χ0) is 18.7. The second-order valence-corrected chi connectivity index (χ2v) is 7.20. The monoisotopic (exact) mass is 438 g/mol. The van der Waals surface area contributed by atoms with Crippen molar-refractivity contribution < 1.29 is 19.4 Å². The zero-order valence-corrected chi connectivity index (χ0v) is 16.0. The van der Waals surface area contributed by atoms with E-state index in [1.54, 1.807) is 24.3 Å². The van der Waals surface area contributed by atoms with Gasteiger partial charge in [-0.05, 0) is 35.9 Å². The van der Waals surface area contributed by atoms with E-state index in [1.807, 2.05) is 24.3 Å². The Labute approximate surface area is 163 Å². The second kappa shape index (κ2) is 7.65. The van der Waals surface area contributed by atoms with Crippen LogP contribution in [0.15, 0.2) is 53.0 Å². The van der Waals surface area contributed by atoms with Crippen LogP contribution in [0.1, 0.15) is 12.0 Å². The number of hydrogen-bond acceptors (Lipinski definition) is 4. The molecule has 6 nitrogen and oxygen atoms in total. The molecule has 8 heteroatoms. The van der Waals surface area contributed by atoms with Gasteiger partial charge in [0, 0.05) is 34.7 Å². The quantitative estimate of drug-likeness (QED) is 0.715. The number of hydrogen-bond donors (Lipinski definition) is 2. The van der Waals surface area contributed by atoms with Crippen molar-refractivity contribution in [1.29, 1.82) is 0 Å². The van der Waals surface area contributed by atoms with Crippen LogP contribution < -0.4 is 10.2 Å². The van der Waals surface area contributed by atoms with Gasteiger partial charge in [-0.1, -0.05) is 45.7 Å². The summed E-state index contributed by atoms with van der Waals surface area (Å²) in [5, 5.41) is 13.5. The number of aliphatic hydroxyl groups is 1. The lowest BCUT2D eigenvalue weighted by atomic mass is 10.2. The number of halogens is 2. The van der Waals surface area contributed by atoms with Crippen molar-refractivity contribution in [2.45, 2.75) is 18.8 Å². The Kier molecular flexibility index (Phi) is 5.50. The lowest BCUT2D eigenvalue weighted by Crippen LogP contribution is -2.46. The summed E-state index contributed by atoms with van der Waals surface area (Å²) in [4.78, 5) is 25.9. The molecule has 0 saturated carbocycles. The first-order chi connectivity index (χ1) is 12.4. The molecule has 2 aromatic rings. The summed E-state index contributed by atoms with van der Waals surface area (Å²) < 4.78 is 5.90. The van der Waals surface area contributed by atoms with Gasteiger partial charge in [0.1, 0.15) is 0 Å². The maximum Gasteiger partial charge on any atom is 0.410 e. The molecule has 136 valence electrons. The smallest absolute Gasteiger partial charge is 0.407 e. The van der Waals surface area contributed by atoms with Crippen molar-refractivity contribution >= 4 is 45.2 Å². The Morgan fingerprint density at radius 1 is 1.31 bits per heavy atom. The van der Waals surface area contributed by atoms with Gasteiger partial charge in [0.2, 0.25) is 0 Å². The van der Waals surface area contributed by atoms with Crippen LogP contribution in [0.3, 0.4) is 0 Å². The fraction of sp³-hybridized carbons (Fsp3) is 0.222. The average Bonchev–Trinajstić information content (AvgIpc) is 2.88. The van der Waals surface area contributed by atoms with Crippen LogP contribution in [0.25, 0.3) is 0 Å². The lowest BCUT2D eigenvalue weighted by Gasteiger charge is -2.22. The molecule has 1 fully saturated rings. The molecule has 1 saturated heterocycles. The topological polar surface area (TPSA) is 78.9 Å². The highest BCUT2D eigenvalue weighted by Crippen LogP contribution is 2.30. The highest BCUT2D eigenvalue weighted by molar-refractivity contribution is 9.10. The van der Waals surface area contributed by atoms with Gasteiger partial charge in [0.25, 0.3) is 11.7 Å². The third kappa shape index (κ3) is 4.17. The first-order valence-electron chi connectivity index (χ1n) is 7.88. The van der Waals surface area contributed by atoms with Gasteiger partial charge in [-0.2, -0.15) is 0 Å². The first kappa shape index (κ1) is 18.7. The minimum Gasteiger partial charge on any atom is -0.407 e. The molecule has 3 rings (SSSR count). The molecule has 1 aliphatic heterocycles. The van der Waals surface area contributed by atoms with Gasteiger partial charge >= 0.3 is 6.09 Å². The lowest BCUT2D eigenvalue weighted by molar-refractivity contribution is -0.175. The van der Waals surface area contributed by atoms with Crippen LogP contribution in [0, 0.1) is 0 Å². The Hall–Kier alpha value is -2.09. The molecule has 0 spiro atoms. The van der Waals surface area contributed by atoms with Gasteiger partial charge in [0.05, 0.1) is 0 Å². The second-order valence-electron chi connectivity index (χ2n) is 5.84. The van der Waals surface area contributed by atoms with Crippen molar-refractivity contribution in [2.24, 2.45) is 0 Å². The van der Waals surface area contributed by atoms with Crippen molar-refractivity contribution in [3.8, 4) is 0 Å². The van der Waals surface area contributed by atoms with Crippen LogP contribution in [0.2, 0.25) is 5.02 Å². The molecule has 0 bridgehead atoms. The summed E-state index contributed by atoms with van der Waals surface area (Å²) in [7, 11) is 0. The van der Waals surface area contributed by atoms with Crippen LogP contribution in [-0.4, -0.2) is 29.4 Å². The maximum absolute atomic E-state index is 12.5. The van der Waals surface area contributed by atoms with E-state index >= 15 is 0 Å². The van der Waals surface area contributed by atoms with Crippen molar-refractivity contribution in [3.63, 3.8) is 0 Å². The third-order valence-corrected chi connectivity index (χ3v) is 4.69. The van der Waals surface area contributed by atoms with Gasteiger partial charge in [-0.3, -0.25) is 4.79 Å². The van der Waals surface area contributed by atoms with Gasteiger partial charge in [0.15, 0.2) is 0 Å². The predicted molar refractivity (Wildman–Crippen MR) is 101 cm³/mol. The Morgan fingerprint density at radius 3 is 2.81 bits per heavy atom. The highest BCUT2D eigenvalue weighted by Gasteiger charge is 2.49. The summed E-state index contributed by atoms with van der Waals surface area (Å²) in [6.45, 7) is 0.426. The molecule has 26 heavy (non-hydrogen) atoms. The third-order valence-electron chi connectivity index (χ3n) is 3.96. The Morgan fingerprint density at radius 2 is 2.08 bits per heavy atom. The van der Waals surface area contributed by atoms with Crippen LogP contribution in [-0.2, 0) is 16.1 Å². The number of benzene rings is 2. The molecule has 1 aliphatic rings. The van der Waals surface area contributed by atoms with Crippen molar-refractivity contribution in [2.75, 3.05) is 11.4 Å². The number of carbonyl (C=O) groups excluding carboxylic acids is 2. The molecule has 2 aromatic carbocycles. The zero-order valence-electron chi connectivity index (χ0n) is 13.6. The average molecular weight is 440 g/mol. The van der Waals surface area contributed by atoms with E-state index in [9.17, 15) is 14.7 Å². The van der Waals surface area contributed by atoms with Gasteiger partial charge in [-0.15, -0.1) is 0 Å². The highest BCUT2D eigenvalue weighted by atomic mass is 79.9. The number of rotatable bonds is 4. The first-order valence-corrected chi connectivity index (χ1v) is 9.06. The number of alkyl carbamates (subject to hydrolysis) is 1. The molecule has 2 N–H and O–H groups in total. The number of amides is 2. The summed E-state index contributed by atoms with van der Waals surface area (Å²) >= 11 is 9.28. The normalized spacial score (nSPS) is 19.5. The van der Waals surface area contributed by atoms with Crippen LogP contribution in [0.4, 0.5) is 10.5 Å². The summed E-state index contributed by atoms with van der Waals surface area (Å²) in [6, 6.07) is 14.1. The van der Waals surface area contributed by atoms with Crippen LogP contribution in [0.5, 0.6) is 0 Å². The molecule has 2 amide bonds. The standard InChI is InChI=1S/C18H16BrClN2O4/c19-13-4-1-3-12(9-13)11-21-17(24)26-18(25)7-8-22(16(18)23)15-6-2-5-14(20)10-15/h1-6,9-10,25H,7-8,11H2,(H,21,24)/t18-/m1/s1. The van der Waals surface area contributed by atoms with Crippen molar-refractivity contribution in [1.82, 2.24) is 5.32 Å². The Balaban J connectivity index is 1.62. The molecular weight excluding hydrogens is 424 g/mol. The number of ether oxygens (including phenoxy) is 1. The summed E-state index contributed by atoms with van der Waals surface area (Å²) in [6.07, 6.45) is -0.892. The van der Waals surface area contributed by atoms with E-state index in [2.05, 4.69) is 21.2 Å².